The van der Waals surface area contributed by atoms with Gasteiger partial charge in [-0.05, 0) is 18.6 Å². The largest absolute Gasteiger partial charge is 0.338 e. The van der Waals surface area contributed by atoms with Crippen molar-refractivity contribution in [2.45, 2.75) is 12.5 Å². The lowest BCUT2D eigenvalue weighted by atomic mass is 10.2. The first-order chi connectivity index (χ1) is 8.72. The van der Waals surface area contributed by atoms with Crippen molar-refractivity contribution in [3.05, 3.63) is 28.7 Å². The zero-order chi connectivity index (χ0) is 12.5. The zero-order valence-electron chi connectivity index (χ0n) is 9.81. The summed E-state index contributed by atoms with van der Waals surface area (Å²) in [7, 11) is 0. The molecule has 5 nitrogen and oxygen atoms in total. The van der Waals surface area contributed by atoms with E-state index in [1.165, 1.54) is 0 Å². The molecule has 1 aliphatic heterocycles. The van der Waals surface area contributed by atoms with Gasteiger partial charge in [0.05, 0.1) is 0 Å². The molecule has 1 atom stereocenters. The first kappa shape index (κ1) is 11.7. The summed E-state index contributed by atoms with van der Waals surface area (Å²) in [5, 5.41) is 7.23. The SMILES string of the molecule is NC1CCN(c2n[nH]c(-c3cccc(Br)c3)n2)C1. The van der Waals surface area contributed by atoms with Crippen molar-refractivity contribution in [3.8, 4) is 11.4 Å². The van der Waals surface area contributed by atoms with Crippen LogP contribution in [0.4, 0.5) is 5.95 Å². The summed E-state index contributed by atoms with van der Waals surface area (Å²) >= 11 is 3.45. The molecule has 2 aromatic rings. The molecule has 0 bridgehead atoms. The van der Waals surface area contributed by atoms with E-state index in [1.54, 1.807) is 0 Å². The summed E-state index contributed by atoms with van der Waals surface area (Å²) in [5.41, 5.74) is 6.91. The van der Waals surface area contributed by atoms with Crippen LogP contribution in [0.15, 0.2) is 28.7 Å². The summed E-state index contributed by atoms with van der Waals surface area (Å²) < 4.78 is 1.03. The third-order valence-electron chi connectivity index (χ3n) is 3.08. The van der Waals surface area contributed by atoms with E-state index in [0.29, 0.717) is 0 Å². The summed E-state index contributed by atoms with van der Waals surface area (Å²) in [5.74, 6) is 1.52. The Morgan fingerprint density at radius 2 is 2.33 bits per heavy atom. The predicted molar refractivity (Wildman–Crippen MR) is 74.3 cm³/mol. The van der Waals surface area contributed by atoms with Crippen molar-refractivity contribution >= 4 is 21.9 Å². The predicted octanol–water partition coefficient (Wildman–Crippen LogP) is 1.77. The van der Waals surface area contributed by atoms with E-state index in [9.17, 15) is 0 Å². The van der Waals surface area contributed by atoms with E-state index in [2.05, 4.69) is 36.0 Å². The second-order valence-electron chi connectivity index (χ2n) is 4.49. The summed E-state index contributed by atoms with van der Waals surface area (Å²) in [4.78, 5) is 6.63. The second kappa shape index (κ2) is 4.70. The van der Waals surface area contributed by atoms with E-state index < -0.39 is 0 Å². The van der Waals surface area contributed by atoms with E-state index in [-0.39, 0.29) is 6.04 Å². The van der Waals surface area contributed by atoms with E-state index in [1.807, 2.05) is 24.3 Å². The number of aromatic nitrogens is 3. The molecule has 1 fully saturated rings. The van der Waals surface area contributed by atoms with Crippen LogP contribution in [-0.2, 0) is 0 Å². The topological polar surface area (TPSA) is 70.8 Å². The molecule has 18 heavy (non-hydrogen) atoms. The first-order valence-electron chi connectivity index (χ1n) is 5.91. The van der Waals surface area contributed by atoms with E-state index >= 15 is 0 Å². The number of hydrogen-bond acceptors (Lipinski definition) is 4. The number of nitrogens with two attached hydrogens (primary N) is 1. The van der Waals surface area contributed by atoms with Crippen molar-refractivity contribution < 1.29 is 0 Å². The molecule has 0 spiro atoms. The fourth-order valence-electron chi connectivity index (χ4n) is 2.13. The Morgan fingerprint density at radius 3 is 3.06 bits per heavy atom. The van der Waals surface area contributed by atoms with Gasteiger partial charge >= 0.3 is 0 Å². The Kier molecular flexibility index (Phi) is 3.05. The van der Waals surface area contributed by atoms with Crippen LogP contribution in [0, 0.1) is 0 Å². The number of aromatic amines is 1. The fourth-order valence-corrected chi connectivity index (χ4v) is 2.53. The number of benzene rings is 1. The lowest BCUT2D eigenvalue weighted by Gasteiger charge is -2.11. The van der Waals surface area contributed by atoms with Crippen LogP contribution in [-0.4, -0.2) is 34.3 Å². The summed E-state index contributed by atoms with van der Waals surface area (Å²) in [6.45, 7) is 1.76. The van der Waals surface area contributed by atoms with Gasteiger partial charge in [-0.15, -0.1) is 5.10 Å². The molecule has 1 aliphatic rings. The molecule has 3 N–H and O–H groups in total. The van der Waals surface area contributed by atoms with Gasteiger partial charge < -0.3 is 10.6 Å². The first-order valence-corrected chi connectivity index (χ1v) is 6.70. The van der Waals surface area contributed by atoms with Crippen molar-refractivity contribution in [1.29, 1.82) is 0 Å². The maximum atomic E-state index is 5.89. The number of anilines is 1. The molecule has 0 saturated carbocycles. The highest BCUT2D eigenvalue weighted by Crippen LogP contribution is 2.22. The molecule has 0 amide bonds. The highest BCUT2D eigenvalue weighted by molar-refractivity contribution is 9.10. The standard InChI is InChI=1S/C12H14BrN5/c13-9-3-1-2-8(6-9)11-15-12(17-16-11)18-5-4-10(14)7-18/h1-3,6,10H,4-5,7,14H2,(H,15,16,17). The van der Waals surface area contributed by atoms with Gasteiger partial charge in [0.1, 0.15) is 0 Å². The molecule has 1 aromatic heterocycles. The normalized spacial score (nSPS) is 19.4. The van der Waals surface area contributed by atoms with Crippen molar-refractivity contribution in [3.63, 3.8) is 0 Å². The monoisotopic (exact) mass is 307 g/mol. The lowest BCUT2D eigenvalue weighted by Crippen LogP contribution is -2.26. The molecule has 1 unspecified atom stereocenters. The van der Waals surface area contributed by atoms with Crippen molar-refractivity contribution in [2.24, 2.45) is 5.73 Å². The third kappa shape index (κ3) is 2.26. The Morgan fingerprint density at radius 1 is 1.44 bits per heavy atom. The Labute approximate surface area is 114 Å². The molecule has 1 saturated heterocycles. The summed E-state index contributed by atoms with van der Waals surface area (Å²) in [6, 6.07) is 8.22. The van der Waals surface area contributed by atoms with Crippen LogP contribution in [0.1, 0.15) is 6.42 Å². The maximum Gasteiger partial charge on any atom is 0.245 e. The molecule has 0 aliphatic carbocycles. The Bertz CT molecular complexity index is 553. The van der Waals surface area contributed by atoms with Crippen LogP contribution in [0.25, 0.3) is 11.4 Å². The number of hydrogen-bond donors (Lipinski definition) is 2. The smallest absolute Gasteiger partial charge is 0.245 e. The van der Waals surface area contributed by atoms with Gasteiger partial charge in [0, 0.05) is 29.2 Å². The minimum Gasteiger partial charge on any atom is -0.338 e. The Hall–Kier alpha value is -1.40. The van der Waals surface area contributed by atoms with Gasteiger partial charge in [-0.25, -0.2) is 0 Å². The zero-order valence-corrected chi connectivity index (χ0v) is 11.4. The van der Waals surface area contributed by atoms with Gasteiger partial charge in [0.25, 0.3) is 0 Å². The van der Waals surface area contributed by atoms with Gasteiger partial charge in [0.2, 0.25) is 5.95 Å². The second-order valence-corrected chi connectivity index (χ2v) is 5.40. The van der Waals surface area contributed by atoms with Crippen LogP contribution >= 0.6 is 15.9 Å². The van der Waals surface area contributed by atoms with Gasteiger partial charge in [-0.1, -0.05) is 28.1 Å². The van der Waals surface area contributed by atoms with Gasteiger partial charge in [-0.3, -0.25) is 5.10 Å². The van der Waals surface area contributed by atoms with E-state index in [4.69, 9.17) is 5.73 Å². The number of nitrogens with one attached hydrogen (secondary N) is 1. The van der Waals surface area contributed by atoms with Crippen molar-refractivity contribution in [2.75, 3.05) is 18.0 Å². The highest BCUT2D eigenvalue weighted by Gasteiger charge is 2.22. The molecule has 3 rings (SSSR count). The molecule has 2 heterocycles. The number of H-pyrrole nitrogens is 1. The van der Waals surface area contributed by atoms with Gasteiger partial charge in [-0.2, -0.15) is 4.98 Å². The number of rotatable bonds is 2. The number of nitrogens with zero attached hydrogens (tertiary/aromatic N) is 3. The average molecular weight is 308 g/mol. The quantitative estimate of drug-likeness (QED) is 0.887. The third-order valence-corrected chi connectivity index (χ3v) is 3.57. The maximum absolute atomic E-state index is 5.89. The molecular weight excluding hydrogens is 294 g/mol. The van der Waals surface area contributed by atoms with Crippen molar-refractivity contribution in [1.82, 2.24) is 15.2 Å². The highest BCUT2D eigenvalue weighted by atomic mass is 79.9. The Balaban J connectivity index is 1.85. The molecule has 6 heteroatoms. The van der Waals surface area contributed by atoms with Crippen LogP contribution in [0.3, 0.4) is 0 Å². The molecule has 1 aromatic carbocycles. The van der Waals surface area contributed by atoms with Crippen LogP contribution < -0.4 is 10.6 Å². The minimum absolute atomic E-state index is 0.234. The molecule has 0 radical (unpaired) electrons. The van der Waals surface area contributed by atoms with Crippen LogP contribution in [0.5, 0.6) is 0 Å². The summed E-state index contributed by atoms with van der Waals surface area (Å²) in [6.07, 6.45) is 1.00. The fraction of sp³-hybridized carbons (Fsp3) is 0.333. The van der Waals surface area contributed by atoms with E-state index in [0.717, 1.165) is 41.3 Å². The van der Waals surface area contributed by atoms with Gasteiger partial charge in [0.15, 0.2) is 5.82 Å². The van der Waals surface area contributed by atoms with Crippen LogP contribution in [0.2, 0.25) is 0 Å². The minimum atomic E-state index is 0.234. The molecule has 94 valence electrons. The average Bonchev–Trinajstić information content (AvgIpc) is 2.97. The number of halogens is 1. The molecular formula is C12H14BrN5. The lowest BCUT2D eigenvalue weighted by molar-refractivity contribution is 0.750.